The van der Waals surface area contributed by atoms with Gasteiger partial charge in [0, 0.05) is 0 Å². The van der Waals surface area contributed by atoms with Crippen LogP contribution in [0.25, 0.3) is 0 Å². The van der Waals surface area contributed by atoms with Crippen molar-refractivity contribution in [1.29, 1.82) is 0 Å². The minimum absolute atomic E-state index is 0.0527. The summed E-state index contributed by atoms with van der Waals surface area (Å²) in [7, 11) is 0. The molecule has 0 nitrogen and oxygen atoms in total. The second kappa shape index (κ2) is 5.87. The molecule has 0 aliphatic rings. The van der Waals surface area contributed by atoms with Gasteiger partial charge in [-0.25, -0.2) is 0 Å². The van der Waals surface area contributed by atoms with E-state index in [-0.39, 0.29) is 22.9 Å². The van der Waals surface area contributed by atoms with E-state index in [1.807, 2.05) is 0 Å². The first-order chi connectivity index (χ1) is 2.91. The Labute approximate surface area is 51.7 Å². The van der Waals surface area contributed by atoms with Gasteiger partial charge in [-0.05, 0) is 0 Å². The predicted molar refractivity (Wildman–Crippen MR) is 31.3 cm³/mol. The number of hydrogen-bond donors (Lipinski definition) is 0. The van der Waals surface area contributed by atoms with E-state index in [1.54, 1.807) is 4.18 Å². The van der Waals surface area contributed by atoms with Gasteiger partial charge < -0.3 is 0 Å². The summed E-state index contributed by atoms with van der Waals surface area (Å²) in [6.45, 7) is 2.26. The van der Waals surface area contributed by atoms with Crippen LogP contribution in [0.4, 0.5) is 0 Å². The molecule has 0 aromatic carbocycles. The molecule has 0 saturated carbocycles. The fourth-order valence-corrected chi connectivity index (χ4v) is 2.74. The first-order valence-electron chi connectivity index (χ1n) is 2.69. The Hall–Kier alpha value is 0.870. The maximum atomic E-state index is 2.42. The molecule has 0 rings (SSSR count). The van der Waals surface area contributed by atoms with Gasteiger partial charge in [-0.15, -0.1) is 0 Å². The van der Waals surface area contributed by atoms with E-state index in [0.717, 1.165) is 0 Å². The van der Waals surface area contributed by atoms with Crippen molar-refractivity contribution < 1.29 is 0 Å². The van der Waals surface area contributed by atoms with Crippen LogP contribution in [0.3, 0.4) is 0 Å². The average molecular weight is 187 g/mol. The summed E-state index contributed by atoms with van der Waals surface area (Å²) in [6, 6.07) is 0. The third-order valence-corrected chi connectivity index (χ3v) is 3.66. The van der Waals surface area contributed by atoms with Gasteiger partial charge in [0.25, 0.3) is 0 Å². The van der Waals surface area contributed by atoms with Crippen molar-refractivity contribution in [2.75, 3.05) is 0 Å². The molecule has 0 unspecified atom stereocenters. The summed E-state index contributed by atoms with van der Waals surface area (Å²) in [5, 5.41) is 0. The van der Waals surface area contributed by atoms with Crippen molar-refractivity contribution in [3.8, 4) is 0 Å². The first-order valence-corrected chi connectivity index (χ1v) is 8.32. The molecule has 0 fully saturated rings. The Kier molecular flexibility index (Phi) is 6.72. The SMILES string of the molecule is CCC[CH2][In][CH3]. The van der Waals surface area contributed by atoms with E-state index in [4.69, 9.17) is 0 Å². The zero-order valence-corrected chi connectivity index (χ0v) is 7.99. The van der Waals surface area contributed by atoms with Gasteiger partial charge in [-0.2, -0.15) is 0 Å². The van der Waals surface area contributed by atoms with Crippen LogP contribution in [-0.4, -0.2) is 22.9 Å². The number of hydrogen-bond acceptors (Lipinski definition) is 0. The summed E-state index contributed by atoms with van der Waals surface area (Å²) in [5.41, 5.74) is 0. The van der Waals surface area contributed by atoms with Crippen LogP contribution in [0.2, 0.25) is 8.86 Å². The Morgan fingerprint density at radius 2 is 2.17 bits per heavy atom. The number of unbranched alkanes of at least 4 members (excludes halogenated alkanes) is 1. The van der Waals surface area contributed by atoms with Crippen molar-refractivity contribution in [3.05, 3.63) is 0 Å². The fraction of sp³-hybridized carbons (Fsp3) is 1.00. The molecule has 1 heteroatoms. The van der Waals surface area contributed by atoms with E-state index in [9.17, 15) is 0 Å². The average Bonchev–Trinajstić information content (AvgIpc) is 1.61. The third-order valence-electron chi connectivity index (χ3n) is 0.846. The van der Waals surface area contributed by atoms with Gasteiger partial charge in [0.05, 0.1) is 0 Å². The molecular weight excluding hydrogens is 175 g/mol. The molecule has 0 saturated heterocycles. The molecule has 0 aliphatic heterocycles. The monoisotopic (exact) mass is 187 g/mol. The van der Waals surface area contributed by atoms with Gasteiger partial charge in [0.2, 0.25) is 0 Å². The van der Waals surface area contributed by atoms with Crippen molar-refractivity contribution >= 4 is 22.9 Å². The molecule has 0 N–H and O–H groups in total. The maximum absolute atomic E-state index is 2.42. The second-order valence-electron chi connectivity index (χ2n) is 1.55. The zero-order valence-electron chi connectivity index (χ0n) is 4.70. The second-order valence-corrected chi connectivity index (χ2v) is 5.53. The molecule has 0 atom stereocenters. The van der Waals surface area contributed by atoms with E-state index < -0.39 is 0 Å². The molecule has 0 spiro atoms. The minimum atomic E-state index is 0.0527. The van der Waals surface area contributed by atoms with Crippen LogP contribution in [0.15, 0.2) is 0 Å². The van der Waals surface area contributed by atoms with Crippen molar-refractivity contribution in [1.82, 2.24) is 0 Å². The predicted octanol–water partition coefficient (Wildman–Crippen LogP) is 1.96. The molecule has 1 radical (unpaired) electrons. The quantitative estimate of drug-likeness (QED) is 0.592. The van der Waals surface area contributed by atoms with Crippen LogP contribution in [0.5, 0.6) is 0 Å². The summed E-state index contributed by atoms with van der Waals surface area (Å²) in [4.78, 5) is 0. The first kappa shape index (κ1) is 6.87. The van der Waals surface area contributed by atoms with Crippen molar-refractivity contribution in [3.63, 3.8) is 0 Å². The van der Waals surface area contributed by atoms with Gasteiger partial charge in [-0.3, -0.25) is 0 Å². The summed E-state index contributed by atoms with van der Waals surface area (Å²) < 4.78 is 4.02. The van der Waals surface area contributed by atoms with Crippen LogP contribution >= 0.6 is 0 Å². The summed E-state index contributed by atoms with van der Waals surface area (Å²) in [6.07, 6.45) is 2.90. The topological polar surface area (TPSA) is 0 Å². The molecule has 0 bridgehead atoms. The molecular formula is C5H12In. The standard InChI is InChI=1S/C4H9.CH3.In/c1-3-4-2;;/h1,3-4H2,2H3;1H3;. The van der Waals surface area contributed by atoms with Crippen LogP contribution in [-0.2, 0) is 0 Å². The van der Waals surface area contributed by atoms with Crippen molar-refractivity contribution in [2.24, 2.45) is 0 Å². The van der Waals surface area contributed by atoms with Crippen LogP contribution in [0.1, 0.15) is 19.8 Å². The molecule has 0 aromatic heterocycles. The Morgan fingerprint density at radius 1 is 1.50 bits per heavy atom. The van der Waals surface area contributed by atoms with Crippen LogP contribution < -0.4 is 0 Å². The van der Waals surface area contributed by atoms with Gasteiger partial charge in [0.1, 0.15) is 0 Å². The normalized spacial score (nSPS) is 8.33. The van der Waals surface area contributed by atoms with Gasteiger partial charge in [0.15, 0.2) is 0 Å². The molecule has 6 heavy (non-hydrogen) atoms. The summed E-state index contributed by atoms with van der Waals surface area (Å²) in [5.74, 6) is 0. The molecule has 0 aliphatic carbocycles. The van der Waals surface area contributed by atoms with Crippen molar-refractivity contribution in [2.45, 2.75) is 28.6 Å². The van der Waals surface area contributed by atoms with E-state index in [1.165, 1.54) is 12.8 Å². The molecule has 0 amide bonds. The summed E-state index contributed by atoms with van der Waals surface area (Å²) >= 11 is 0.0527. The molecule has 35 valence electrons. The Morgan fingerprint density at radius 3 is 2.33 bits per heavy atom. The number of rotatable bonds is 3. The molecule has 0 aromatic rings. The van der Waals surface area contributed by atoms with Gasteiger partial charge >= 0.3 is 51.5 Å². The van der Waals surface area contributed by atoms with E-state index in [0.29, 0.717) is 0 Å². The van der Waals surface area contributed by atoms with Gasteiger partial charge in [-0.1, -0.05) is 0 Å². The Bertz CT molecular complexity index is 15.9. The van der Waals surface area contributed by atoms with E-state index in [2.05, 4.69) is 11.6 Å². The van der Waals surface area contributed by atoms with Crippen LogP contribution in [0, 0.1) is 0 Å². The van der Waals surface area contributed by atoms with E-state index >= 15 is 0 Å². The Balaban J connectivity index is 2.34. The fourth-order valence-electron chi connectivity index (χ4n) is 0.408. The third kappa shape index (κ3) is 4.87. The molecule has 0 heterocycles. The zero-order chi connectivity index (χ0) is 4.83.